The zero-order valence-corrected chi connectivity index (χ0v) is 11.7. The number of rotatable bonds is 4. The maximum absolute atomic E-state index is 11.1. The highest BCUT2D eigenvalue weighted by molar-refractivity contribution is 7.95. The van der Waals surface area contributed by atoms with Gasteiger partial charge in [-0.05, 0) is 22.0 Å². The van der Waals surface area contributed by atoms with Crippen LogP contribution < -0.4 is 0 Å². The van der Waals surface area contributed by atoms with Crippen molar-refractivity contribution in [2.24, 2.45) is 0 Å². The molecule has 1 nitrogen and oxygen atoms in total. The summed E-state index contributed by atoms with van der Waals surface area (Å²) in [5, 5.41) is 11.1. The van der Waals surface area contributed by atoms with Gasteiger partial charge >= 0.3 is 0 Å². The first-order chi connectivity index (χ1) is 8.63. The number of benzene rings is 2. The molecule has 0 unspecified atom stereocenters. The van der Waals surface area contributed by atoms with Crippen LogP contribution in [0.3, 0.4) is 0 Å². The van der Waals surface area contributed by atoms with E-state index in [0.717, 1.165) is 16.9 Å². The molecule has 0 aliphatic carbocycles. The van der Waals surface area contributed by atoms with Gasteiger partial charge in [0.25, 0.3) is 0 Å². The molecule has 0 saturated heterocycles. The number of hydrogen-bond acceptors (Lipinski definition) is 1. The lowest BCUT2D eigenvalue weighted by Crippen LogP contribution is -2.35. The molecule has 2 heteroatoms. The van der Waals surface area contributed by atoms with Crippen LogP contribution >= 0.6 is 0 Å². The van der Waals surface area contributed by atoms with Gasteiger partial charge in [0.2, 0.25) is 0 Å². The molecule has 0 aliphatic heterocycles. The van der Waals surface area contributed by atoms with E-state index in [-0.39, 0.29) is 10.9 Å². The minimum atomic E-state index is -0.880. The van der Waals surface area contributed by atoms with Gasteiger partial charge in [0, 0.05) is 0 Å². The molecule has 2 rings (SSSR count). The summed E-state index contributed by atoms with van der Waals surface area (Å²) in [6.45, 7) is 0. The fraction of sp³-hybridized carbons (Fsp3) is 0.250. The Bertz CT molecular complexity index is 439. The Hall–Kier alpha value is -1.25. The first-order valence-electron chi connectivity index (χ1n) is 6.00. The molecule has 0 saturated carbocycles. The van der Waals surface area contributed by atoms with Crippen LogP contribution in [0.5, 0.6) is 0 Å². The lowest BCUT2D eigenvalue weighted by Gasteiger charge is -2.27. The molecule has 18 heavy (non-hydrogen) atoms. The molecular weight excluding hydrogens is 240 g/mol. The molecule has 0 aromatic heterocycles. The minimum Gasteiger partial charge on any atom is -0.375 e. The highest BCUT2D eigenvalue weighted by atomic mass is 32.2. The zero-order chi connectivity index (χ0) is 13.0. The van der Waals surface area contributed by atoms with Crippen molar-refractivity contribution in [1.82, 2.24) is 0 Å². The Morgan fingerprint density at radius 3 is 1.56 bits per heavy atom. The molecule has 0 fully saturated rings. The van der Waals surface area contributed by atoms with Crippen LogP contribution in [0.15, 0.2) is 60.7 Å². The molecular formula is C16H19OS+. The molecule has 0 heterocycles. The number of hydrogen-bond donors (Lipinski definition) is 1. The second-order valence-electron chi connectivity index (χ2n) is 4.72. The van der Waals surface area contributed by atoms with Crippen LogP contribution in [0.1, 0.15) is 11.1 Å². The van der Waals surface area contributed by atoms with Crippen molar-refractivity contribution < 1.29 is 5.11 Å². The fourth-order valence-corrected chi connectivity index (χ4v) is 3.35. The Labute approximate surface area is 112 Å². The van der Waals surface area contributed by atoms with Crippen molar-refractivity contribution in [3.05, 3.63) is 71.8 Å². The van der Waals surface area contributed by atoms with Gasteiger partial charge < -0.3 is 5.11 Å². The molecule has 0 aliphatic rings. The van der Waals surface area contributed by atoms with E-state index in [0.29, 0.717) is 0 Å². The normalized spacial score (nSPS) is 11.8. The maximum Gasteiger partial charge on any atom is 0.159 e. The van der Waals surface area contributed by atoms with Crippen molar-refractivity contribution in [3.63, 3.8) is 0 Å². The van der Waals surface area contributed by atoms with Crippen molar-refractivity contribution in [2.75, 3.05) is 18.3 Å². The molecule has 0 bridgehead atoms. The summed E-state index contributed by atoms with van der Waals surface area (Å²) in [6.07, 6.45) is 4.33. The second kappa shape index (κ2) is 5.59. The van der Waals surface area contributed by atoms with E-state index in [9.17, 15) is 5.11 Å². The summed E-state index contributed by atoms with van der Waals surface area (Å²) >= 11 is 0. The highest BCUT2D eigenvalue weighted by Gasteiger charge is 2.36. The van der Waals surface area contributed by atoms with Crippen molar-refractivity contribution >= 4 is 10.9 Å². The van der Waals surface area contributed by atoms with Gasteiger partial charge in [-0.25, -0.2) is 0 Å². The van der Waals surface area contributed by atoms with Crippen molar-refractivity contribution in [3.8, 4) is 0 Å². The molecule has 1 N–H and O–H groups in total. The first kappa shape index (κ1) is 13.2. The van der Waals surface area contributed by atoms with Crippen LogP contribution in [0.25, 0.3) is 0 Å². The second-order valence-corrected chi connectivity index (χ2v) is 6.98. The van der Waals surface area contributed by atoms with Crippen LogP contribution in [-0.4, -0.2) is 23.4 Å². The Balaban J connectivity index is 2.48. The summed E-state index contributed by atoms with van der Waals surface area (Å²) < 4.78 is 0. The average Bonchev–Trinajstić information content (AvgIpc) is 2.40. The standard InChI is InChI=1S/C16H19OS/c1-18(2)13-16(17,14-9-5-3-6-10-14)15-11-7-4-8-12-15/h3-12,17H,13H2,1-2H3/q+1. The van der Waals surface area contributed by atoms with Gasteiger partial charge in [-0.15, -0.1) is 0 Å². The molecule has 0 atom stereocenters. The highest BCUT2D eigenvalue weighted by Crippen LogP contribution is 2.30. The predicted octanol–water partition coefficient (Wildman–Crippen LogP) is 2.80. The van der Waals surface area contributed by atoms with E-state index in [2.05, 4.69) is 12.5 Å². The summed E-state index contributed by atoms with van der Waals surface area (Å²) in [4.78, 5) is 0. The van der Waals surface area contributed by atoms with E-state index >= 15 is 0 Å². The smallest absolute Gasteiger partial charge is 0.159 e. The van der Waals surface area contributed by atoms with E-state index in [1.807, 2.05) is 60.7 Å². The van der Waals surface area contributed by atoms with E-state index in [1.165, 1.54) is 0 Å². The van der Waals surface area contributed by atoms with Crippen molar-refractivity contribution in [2.45, 2.75) is 5.60 Å². The van der Waals surface area contributed by atoms with Gasteiger partial charge in [-0.3, -0.25) is 0 Å². The zero-order valence-electron chi connectivity index (χ0n) is 10.8. The van der Waals surface area contributed by atoms with Crippen LogP contribution in [0.4, 0.5) is 0 Å². The molecule has 0 spiro atoms. The van der Waals surface area contributed by atoms with Crippen molar-refractivity contribution in [1.29, 1.82) is 0 Å². The molecule has 0 radical (unpaired) electrons. The summed E-state index contributed by atoms with van der Waals surface area (Å²) in [5.74, 6) is 0.751. The van der Waals surface area contributed by atoms with Gasteiger partial charge in [0.1, 0.15) is 5.75 Å². The largest absolute Gasteiger partial charge is 0.375 e. The van der Waals surface area contributed by atoms with Gasteiger partial charge in [-0.2, -0.15) is 0 Å². The van der Waals surface area contributed by atoms with Gasteiger partial charge in [-0.1, -0.05) is 60.7 Å². The third-order valence-electron chi connectivity index (χ3n) is 3.00. The topological polar surface area (TPSA) is 20.2 Å². The molecule has 2 aromatic carbocycles. The van der Waals surface area contributed by atoms with E-state index in [1.54, 1.807) is 0 Å². The molecule has 0 amide bonds. The summed E-state index contributed by atoms with van der Waals surface area (Å²) in [5.41, 5.74) is 1.06. The predicted molar refractivity (Wildman–Crippen MR) is 80.0 cm³/mol. The minimum absolute atomic E-state index is 0.164. The summed E-state index contributed by atoms with van der Waals surface area (Å²) in [6, 6.07) is 19.9. The molecule has 94 valence electrons. The van der Waals surface area contributed by atoms with Crippen LogP contribution in [0.2, 0.25) is 0 Å². The van der Waals surface area contributed by atoms with Crippen LogP contribution in [0, 0.1) is 0 Å². The molecule has 2 aromatic rings. The van der Waals surface area contributed by atoms with Crippen LogP contribution in [-0.2, 0) is 16.5 Å². The lowest BCUT2D eigenvalue weighted by molar-refractivity contribution is 0.107. The average molecular weight is 259 g/mol. The van der Waals surface area contributed by atoms with Gasteiger partial charge in [0.05, 0.1) is 12.5 Å². The lowest BCUT2D eigenvalue weighted by atomic mass is 9.88. The first-order valence-corrected chi connectivity index (χ1v) is 8.21. The third kappa shape index (κ3) is 2.77. The SMILES string of the molecule is C[S+](C)CC(O)(c1ccccc1)c1ccccc1. The monoisotopic (exact) mass is 259 g/mol. The third-order valence-corrected chi connectivity index (χ3v) is 4.00. The van der Waals surface area contributed by atoms with Gasteiger partial charge in [0.15, 0.2) is 5.60 Å². The number of aliphatic hydroxyl groups is 1. The van der Waals surface area contributed by atoms with E-state index in [4.69, 9.17) is 0 Å². The summed E-state index contributed by atoms with van der Waals surface area (Å²) in [7, 11) is 0.164. The Morgan fingerprint density at radius 1 is 0.833 bits per heavy atom. The van der Waals surface area contributed by atoms with E-state index < -0.39 is 5.60 Å². The fourth-order valence-electron chi connectivity index (χ4n) is 2.18. The maximum atomic E-state index is 11.1. The Morgan fingerprint density at radius 2 is 1.22 bits per heavy atom. The Kier molecular flexibility index (Phi) is 4.10. The quantitative estimate of drug-likeness (QED) is 0.837.